The van der Waals surface area contributed by atoms with Gasteiger partial charge in [0.15, 0.2) is 0 Å². The molecule has 1 saturated heterocycles. The predicted octanol–water partition coefficient (Wildman–Crippen LogP) is 1.74. The molecule has 0 aliphatic carbocycles. The predicted molar refractivity (Wildman–Crippen MR) is 77.7 cm³/mol. The van der Waals surface area contributed by atoms with E-state index >= 15 is 0 Å². The van der Waals surface area contributed by atoms with Gasteiger partial charge < -0.3 is 15.4 Å². The van der Waals surface area contributed by atoms with Crippen LogP contribution in [0.5, 0.6) is 5.75 Å². The van der Waals surface area contributed by atoms with Crippen LogP contribution in [0.3, 0.4) is 0 Å². The van der Waals surface area contributed by atoms with Crippen LogP contribution in [0.2, 0.25) is 0 Å². The minimum absolute atomic E-state index is 0. The lowest BCUT2D eigenvalue weighted by Gasteiger charge is -2.27. The second-order valence-corrected chi connectivity index (χ2v) is 4.71. The summed E-state index contributed by atoms with van der Waals surface area (Å²) < 4.78 is 18.7. The van der Waals surface area contributed by atoms with Crippen LogP contribution in [-0.2, 0) is 4.79 Å². The molecule has 0 saturated carbocycles. The zero-order valence-corrected chi connectivity index (χ0v) is 12.2. The van der Waals surface area contributed by atoms with Crippen LogP contribution >= 0.6 is 12.4 Å². The lowest BCUT2D eigenvalue weighted by Crippen LogP contribution is -2.52. The van der Waals surface area contributed by atoms with Crippen LogP contribution in [0.25, 0.3) is 0 Å². The van der Waals surface area contributed by atoms with Gasteiger partial charge in [0.2, 0.25) is 5.91 Å². The standard InChI is InChI=1S/C14H19FN2O2.ClH/c1-2-12(9-17-14(18)10-7-16-8-10)19-13-5-3-4-11(15)6-13;/h3-6,10,12,16H,2,7-9H2,1H3,(H,17,18);1H. The van der Waals surface area contributed by atoms with Crippen LogP contribution in [-0.4, -0.2) is 31.6 Å². The molecule has 0 spiro atoms. The fourth-order valence-corrected chi connectivity index (χ4v) is 1.83. The molecule has 1 aliphatic heterocycles. The average molecular weight is 303 g/mol. The molecular weight excluding hydrogens is 283 g/mol. The van der Waals surface area contributed by atoms with E-state index in [-0.39, 0.29) is 36.2 Å². The maximum atomic E-state index is 13.0. The highest BCUT2D eigenvalue weighted by molar-refractivity contribution is 5.85. The van der Waals surface area contributed by atoms with Crippen LogP contribution in [0.1, 0.15) is 13.3 Å². The fraction of sp³-hybridized carbons (Fsp3) is 0.500. The number of hydrogen-bond acceptors (Lipinski definition) is 3. The first-order valence-electron chi connectivity index (χ1n) is 6.59. The third kappa shape index (κ3) is 4.65. The van der Waals surface area contributed by atoms with Crippen LogP contribution in [0.15, 0.2) is 24.3 Å². The molecule has 0 aromatic heterocycles. The van der Waals surface area contributed by atoms with E-state index in [9.17, 15) is 9.18 Å². The molecule has 1 fully saturated rings. The Balaban J connectivity index is 0.00000200. The summed E-state index contributed by atoms with van der Waals surface area (Å²) in [6.07, 6.45) is 0.610. The summed E-state index contributed by atoms with van der Waals surface area (Å²) in [5, 5.41) is 5.93. The normalized spacial score (nSPS) is 15.7. The number of halogens is 2. The van der Waals surface area contributed by atoms with E-state index in [1.54, 1.807) is 12.1 Å². The maximum Gasteiger partial charge on any atom is 0.225 e. The largest absolute Gasteiger partial charge is 0.489 e. The summed E-state index contributed by atoms with van der Waals surface area (Å²) in [5.74, 6) is 0.301. The van der Waals surface area contributed by atoms with Crippen molar-refractivity contribution in [3.63, 3.8) is 0 Å². The minimum atomic E-state index is -0.322. The SMILES string of the molecule is CCC(CNC(=O)C1CNC1)Oc1cccc(F)c1.Cl. The van der Waals surface area contributed by atoms with Gasteiger partial charge in [-0.25, -0.2) is 4.39 Å². The van der Waals surface area contributed by atoms with Gasteiger partial charge in [-0.15, -0.1) is 12.4 Å². The van der Waals surface area contributed by atoms with Gasteiger partial charge in [0.05, 0.1) is 12.5 Å². The van der Waals surface area contributed by atoms with Crippen molar-refractivity contribution in [3.05, 3.63) is 30.1 Å². The molecule has 1 aromatic carbocycles. The summed E-state index contributed by atoms with van der Waals surface area (Å²) in [6, 6.07) is 6.04. The number of carbonyl (C=O) groups is 1. The second kappa shape index (κ2) is 8.07. The van der Waals surface area contributed by atoms with Crippen molar-refractivity contribution in [2.45, 2.75) is 19.4 Å². The third-order valence-corrected chi connectivity index (χ3v) is 3.21. The summed E-state index contributed by atoms with van der Waals surface area (Å²) >= 11 is 0. The Bertz CT molecular complexity index is 441. The molecule has 20 heavy (non-hydrogen) atoms. The summed E-state index contributed by atoms with van der Waals surface area (Å²) in [5.41, 5.74) is 0. The zero-order valence-electron chi connectivity index (χ0n) is 11.4. The molecule has 4 nitrogen and oxygen atoms in total. The van der Waals surface area contributed by atoms with Crippen molar-refractivity contribution in [2.24, 2.45) is 5.92 Å². The number of rotatable bonds is 6. The topological polar surface area (TPSA) is 50.4 Å². The van der Waals surface area contributed by atoms with E-state index in [4.69, 9.17) is 4.74 Å². The van der Waals surface area contributed by atoms with Crippen molar-refractivity contribution >= 4 is 18.3 Å². The molecule has 2 N–H and O–H groups in total. The Morgan fingerprint density at radius 1 is 1.55 bits per heavy atom. The smallest absolute Gasteiger partial charge is 0.225 e. The van der Waals surface area contributed by atoms with Crippen molar-refractivity contribution in [1.29, 1.82) is 0 Å². The first kappa shape index (κ1) is 16.7. The molecule has 6 heteroatoms. The summed E-state index contributed by atoms with van der Waals surface area (Å²) in [7, 11) is 0. The molecule has 1 unspecified atom stereocenters. The van der Waals surface area contributed by atoms with E-state index in [0.717, 1.165) is 19.5 Å². The lowest BCUT2D eigenvalue weighted by molar-refractivity contribution is -0.126. The van der Waals surface area contributed by atoms with Crippen molar-refractivity contribution in [1.82, 2.24) is 10.6 Å². The molecule has 1 aliphatic rings. The quantitative estimate of drug-likeness (QED) is 0.841. The van der Waals surface area contributed by atoms with Gasteiger partial charge in [-0.2, -0.15) is 0 Å². The number of ether oxygens (including phenoxy) is 1. The van der Waals surface area contributed by atoms with E-state index in [0.29, 0.717) is 12.3 Å². The van der Waals surface area contributed by atoms with Gasteiger partial charge in [-0.05, 0) is 18.6 Å². The number of amides is 1. The van der Waals surface area contributed by atoms with E-state index in [1.807, 2.05) is 6.92 Å². The molecule has 112 valence electrons. The zero-order chi connectivity index (χ0) is 13.7. The third-order valence-electron chi connectivity index (χ3n) is 3.21. The molecule has 0 radical (unpaired) electrons. The van der Waals surface area contributed by atoms with E-state index in [1.165, 1.54) is 12.1 Å². The highest BCUT2D eigenvalue weighted by Crippen LogP contribution is 2.14. The van der Waals surface area contributed by atoms with Crippen molar-refractivity contribution in [3.8, 4) is 5.75 Å². The van der Waals surface area contributed by atoms with Gasteiger partial charge >= 0.3 is 0 Å². The number of hydrogen-bond donors (Lipinski definition) is 2. The first-order chi connectivity index (χ1) is 9.19. The molecule has 1 amide bonds. The van der Waals surface area contributed by atoms with Gasteiger partial charge in [0, 0.05) is 19.2 Å². The van der Waals surface area contributed by atoms with Gasteiger partial charge in [-0.1, -0.05) is 13.0 Å². The highest BCUT2D eigenvalue weighted by atomic mass is 35.5. The Morgan fingerprint density at radius 3 is 2.85 bits per heavy atom. The Hall–Kier alpha value is -1.33. The minimum Gasteiger partial charge on any atom is -0.489 e. The van der Waals surface area contributed by atoms with E-state index < -0.39 is 0 Å². The number of carbonyl (C=O) groups excluding carboxylic acids is 1. The molecule has 1 heterocycles. The van der Waals surface area contributed by atoms with Gasteiger partial charge in [0.25, 0.3) is 0 Å². The van der Waals surface area contributed by atoms with Crippen molar-refractivity contribution < 1.29 is 13.9 Å². The molecule has 0 bridgehead atoms. The van der Waals surface area contributed by atoms with Crippen LogP contribution < -0.4 is 15.4 Å². The number of benzene rings is 1. The molecular formula is C14H20ClFN2O2. The Labute approximate surface area is 124 Å². The Morgan fingerprint density at radius 2 is 2.30 bits per heavy atom. The summed E-state index contributed by atoms with van der Waals surface area (Å²) in [4.78, 5) is 11.7. The lowest BCUT2D eigenvalue weighted by atomic mass is 10.0. The van der Waals surface area contributed by atoms with Crippen LogP contribution in [0.4, 0.5) is 4.39 Å². The van der Waals surface area contributed by atoms with Crippen molar-refractivity contribution in [2.75, 3.05) is 19.6 Å². The first-order valence-corrected chi connectivity index (χ1v) is 6.59. The molecule has 2 rings (SSSR count). The Kier molecular flexibility index (Phi) is 6.75. The van der Waals surface area contributed by atoms with Gasteiger partial charge in [-0.3, -0.25) is 4.79 Å². The van der Waals surface area contributed by atoms with E-state index in [2.05, 4.69) is 10.6 Å². The molecule has 1 aromatic rings. The average Bonchev–Trinajstić information content (AvgIpc) is 2.32. The summed E-state index contributed by atoms with van der Waals surface area (Å²) in [6.45, 7) is 3.91. The maximum absolute atomic E-state index is 13.0. The second-order valence-electron chi connectivity index (χ2n) is 4.71. The fourth-order valence-electron chi connectivity index (χ4n) is 1.83. The highest BCUT2D eigenvalue weighted by Gasteiger charge is 2.25. The monoisotopic (exact) mass is 302 g/mol. The number of nitrogens with one attached hydrogen (secondary N) is 2. The molecule has 1 atom stereocenters. The van der Waals surface area contributed by atoms with Gasteiger partial charge in [0.1, 0.15) is 17.7 Å². The van der Waals surface area contributed by atoms with Crippen LogP contribution in [0, 0.1) is 11.7 Å².